The van der Waals surface area contributed by atoms with E-state index in [9.17, 15) is 4.79 Å². The number of rotatable bonds is 2. The van der Waals surface area contributed by atoms with E-state index in [0.29, 0.717) is 11.7 Å². The molecule has 0 saturated heterocycles. The van der Waals surface area contributed by atoms with Gasteiger partial charge in [0.2, 0.25) is 0 Å². The van der Waals surface area contributed by atoms with Gasteiger partial charge < -0.3 is 4.74 Å². The highest BCUT2D eigenvalue weighted by atomic mass is 16.5. The lowest BCUT2D eigenvalue weighted by Gasteiger charge is -2.66. The minimum absolute atomic E-state index is 0.0696. The molecule has 22 heavy (non-hydrogen) atoms. The Hall–Kier alpha value is -1.57. The van der Waals surface area contributed by atoms with Crippen molar-refractivity contribution in [3.05, 3.63) is 41.0 Å². The first kappa shape index (κ1) is 15.3. The molecule has 2 aliphatic carbocycles. The van der Waals surface area contributed by atoms with E-state index in [2.05, 4.69) is 53.7 Å². The molecule has 0 radical (unpaired) electrons. The maximum Gasteiger partial charge on any atom is 0.154 e. The summed E-state index contributed by atoms with van der Waals surface area (Å²) in [6.07, 6.45) is 0. The highest BCUT2D eigenvalue weighted by Crippen LogP contribution is 2.76. The molecule has 1 aromatic rings. The molecule has 1 saturated carbocycles. The third-order valence-electron chi connectivity index (χ3n) is 7.51. The van der Waals surface area contributed by atoms with Gasteiger partial charge in [-0.05, 0) is 51.3 Å². The topological polar surface area (TPSA) is 26.3 Å². The molecule has 0 heterocycles. The quantitative estimate of drug-likeness (QED) is 0.750. The zero-order chi connectivity index (χ0) is 16.5. The normalized spacial score (nSPS) is 40.5. The highest BCUT2D eigenvalue weighted by Gasteiger charge is 2.78. The highest BCUT2D eigenvalue weighted by molar-refractivity contribution is 6.06. The number of hydrogen-bond donors (Lipinski definition) is 0. The first-order valence-electron chi connectivity index (χ1n) is 8.04. The molecule has 118 valence electrons. The molecule has 1 fully saturated rings. The fraction of sp³-hybridized carbons (Fsp3) is 0.550. The summed E-state index contributed by atoms with van der Waals surface area (Å²) in [6.45, 7) is 13.2. The average molecular weight is 298 g/mol. The van der Waals surface area contributed by atoms with Crippen molar-refractivity contribution in [2.24, 2.45) is 16.7 Å². The van der Waals surface area contributed by atoms with Gasteiger partial charge in [-0.3, -0.25) is 4.79 Å². The Morgan fingerprint density at radius 3 is 2.05 bits per heavy atom. The fourth-order valence-electron chi connectivity index (χ4n) is 5.34. The van der Waals surface area contributed by atoms with Gasteiger partial charge >= 0.3 is 0 Å². The van der Waals surface area contributed by atoms with Gasteiger partial charge in [-0.1, -0.05) is 37.1 Å². The molecule has 2 heteroatoms. The maximum absolute atomic E-state index is 13.3. The van der Waals surface area contributed by atoms with E-state index in [-0.39, 0.29) is 10.8 Å². The van der Waals surface area contributed by atoms with Crippen LogP contribution >= 0.6 is 0 Å². The Labute approximate surface area is 133 Å². The number of ketones is 1. The Morgan fingerprint density at radius 2 is 1.55 bits per heavy atom. The summed E-state index contributed by atoms with van der Waals surface area (Å²) in [6, 6.07) is 8.02. The lowest BCUT2D eigenvalue weighted by atomic mass is 9.34. The summed E-state index contributed by atoms with van der Waals surface area (Å²) >= 11 is 0. The zero-order valence-electron chi connectivity index (χ0n) is 14.7. The number of Topliss-reactive ketones (excluding diaryl/α,β-unsaturated/α-hetero) is 1. The van der Waals surface area contributed by atoms with Crippen molar-refractivity contribution in [2.45, 2.75) is 47.0 Å². The Kier molecular flexibility index (Phi) is 2.96. The lowest BCUT2D eigenvalue weighted by molar-refractivity contribution is -0.174. The number of allylic oxidation sites excluding steroid dienone is 2. The molecule has 4 atom stereocenters. The number of hydrogen-bond acceptors (Lipinski definition) is 2. The largest absolute Gasteiger partial charge is 0.497 e. The SMILES string of the molecule is COc1ccc(C2(C)C(=O)C3(C)C(C)=C(C)C(C)C32C)cc1. The number of carbonyl (C=O) groups is 1. The molecular formula is C20H26O2. The third-order valence-corrected chi connectivity index (χ3v) is 7.51. The number of carbonyl (C=O) groups excluding carboxylic acids is 1. The van der Waals surface area contributed by atoms with Crippen molar-refractivity contribution in [1.29, 1.82) is 0 Å². The predicted molar refractivity (Wildman–Crippen MR) is 89.1 cm³/mol. The van der Waals surface area contributed by atoms with E-state index < -0.39 is 5.41 Å². The molecule has 0 N–H and O–H groups in total. The van der Waals surface area contributed by atoms with Crippen LogP contribution in [-0.4, -0.2) is 12.9 Å². The summed E-state index contributed by atoms with van der Waals surface area (Å²) in [7, 11) is 1.67. The van der Waals surface area contributed by atoms with E-state index in [1.54, 1.807) is 7.11 Å². The van der Waals surface area contributed by atoms with Crippen molar-refractivity contribution in [1.82, 2.24) is 0 Å². The number of fused-ring (bicyclic) bond motifs is 1. The fourth-order valence-corrected chi connectivity index (χ4v) is 5.34. The van der Waals surface area contributed by atoms with Crippen molar-refractivity contribution in [3.8, 4) is 5.75 Å². The summed E-state index contributed by atoms with van der Waals surface area (Å²) in [4.78, 5) is 13.3. The van der Waals surface area contributed by atoms with E-state index in [1.807, 2.05) is 12.1 Å². The molecule has 0 amide bonds. The molecular weight excluding hydrogens is 272 g/mol. The molecule has 3 rings (SSSR count). The number of ether oxygens (including phenoxy) is 1. The first-order valence-corrected chi connectivity index (χ1v) is 8.04. The molecule has 2 nitrogen and oxygen atoms in total. The van der Waals surface area contributed by atoms with Crippen molar-refractivity contribution >= 4 is 5.78 Å². The van der Waals surface area contributed by atoms with Gasteiger partial charge in [0.25, 0.3) is 0 Å². The molecule has 0 aliphatic heterocycles. The summed E-state index contributed by atoms with van der Waals surface area (Å²) < 4.78 is 5.25. The van der Waals surface area contributed by atoms with E-state index in [1.165, 1.54) is 11.1 Å². The van der Waals surface area contributed by atoms with Crippen LogP contribution in [-0.2, 0) is 10.2 Å². The summed E-state index contributed by atoms with van der Waals surface area (Å²) in [5, 5.41) is 0. The first-order chi connectivity index (χ1) is 10.2. The lowest BCUT2D eigenvalue weighted by Crippen LogP contribution is -2.72. The van der Waals surface area contributed by atoms with Crippen LogP contribution in [0.2, 0.25) is 0 Å². The van der Waals surface area contributed by atoms with Crippen LogP contribution in [0.4, 0.5) is 0 Å². The summed E-state index contributed by atoms with van der Waals surface area (Å²) in [5.74, 6) is 1.59. The molecule has 0 aromatic heterocycles. The Morgan fingerprint density at radius 1 is 1.00 bits per heavy atom. The monoisotopic (exact) mass is 298 g/mol. The third kappa shape index (κ3) is 1.27. The van der Waals surface area contributed by atoms with E-state index in [4.69, 9.17) is 4.74 Å². The van der Waals surface area contributed by atoms with Gasteiger partial charge in [-0.25, -0.2) is 0 Å². The molecule has 1 aromatic carbocycles. The van der Waals surface area contributed by atoms with Crippen LogP contribution in [0.1, 0.15) is 47.1 Å². The zero-order valence-corrected chi connectivity index (χ0v) is 14.7. The second-order valence-corrected chi connectivity index (χ2v) is 7.54. The van der Waals surface area contributed by atoms with E-state index in [0.717, 1.165) is 11.3 Å². The standard InChI is InChI=1S/C20H26O2/c1-12-13(2)18(4)17(21)19(5,20(18,6)14(12)3)15-8-10-16(22-7)11-9-15/h8-11,14H,1-7H3. The van der Waals surface area contributed by atoms with Crippen molar-refractivity contribution in [2.75, 3.05) is 7.11 Å². The second-order valence-electron chi connectivity index (χ2n) is 7.54. The van der Waals surface area contributed by atoms with E-state index >= 15 is 0 Å². The van der Waals surface area contributed by atoms with Crippen molar-refractivity contribution < 1.29 is 9.53 Å². The predicted octanol–water partition coefficient (Wildman–Crippen LogP) is 4.53. The number of benzene rings is 1. The maximum atomic E-state index is 13.3. The summed E-state index contributed by atoms with van der Waals surface area (Å²) in [5.41, 5.74) is 2.93. The van der Waals surface area contributed by atoms with Crippen molar-refractivity contribution in [3.63, 3.8) is 0 Å². The second kappa shape index (κ2) is 4.24. The Balaban J connectivity index is 2.15. The van der Waals surface area contributed by atoms with Gasteiger partial charge in [0.1, 0.15) is 5.75 Å². The van der Waals surface area contributed by atoms with Crippen LogP contribution in [0.25, 0.3) is 0 Å². The van der Waals surface area contributed by atoms with Gasteiger partial charge in [0, 0.05) is 5.41 Å². The van der Waals surface area contributed by atoms with Crippen LogP contribution in [0.15, 0.2) is 35.4 Å². The molecule has 0 spiro atoms. The smallest absolute Gasteiger partial charge is 0.154 e. The van der Waals surface area contributed by atoms with Gasteiger partial charge in [-0.2, -0.15) is 0 Å². The minimum Gasteiger partial charge on any atom is -0.497 e. The van der Waals surface area contributed by atoms with Crippen LogP contribution in [0.3, 0.4) is 0 Å². The van der Waals surface area contributed by atoms with Crippen LogP contribution < -0.4 is 4.74 Å². The number of methoxy groups -OCH3 is 1. The van der Waals surface area contributed by atoms with Gasteiger partial charge in [0.15, 0.2) is 5.78 Å². The molecule has 0 bridgehead atoms. The van der Waals surface area contributed by atoms with Gasteiger partial charge in [-0.15, -0.1) is 0 Å². The molecule has 2 aliphatic rings. The van der Waals surface area contributed by atoms with Crippen LogP contribution in [0.5, 0.6) is 5.75 Å². The molecule has 4 unspecified atom stereocenters. The van der Waals surface area contributed by atoms with Gasteiger partial charge in [0.05, 0.1) is 17.9 Å². The Bertz CT molecular complexity index is 684. The average Bonchev–Trinajstić information content (AvgIpc) is 2.67. The minimum atomic E-state index is -0.438. The van der Waals surface area contributed by atoms with Crippen LogP contribution in [0, 0.1) is 16.7 Å².